The van der Waals surface area contributed by atoms with Gasteiger partial charge < -0.3 is 14.6 Å². The number of aromatic nitrogens is 1. The second-order valence-corrected chi connectivity index (χ2v) is 7.56. The molecule has 0 unspecified atom stereocenters. The molecule has 1 rings (SSSR count). The molecular weight excluding hydrogens is 346 g/mol. The lowest BCUT2D eigenvalue weighted by Gasteiger charge is -2.13. The number of carbonyl (C=O) groups is 2. The van der Waals surface area contributed by atoms with Crippen LogP contribution in [0.4, 0.5) is 0 Å². The molecule has 25 heavy (non-hydrogen) atoms. The van der Waals surface area contributed by atoms with E-state index in [9.17, 15) is 18.0 Å². The van der Waals surface area contributed by atoms with Gasteiger partial charge in [-0.1, -0.05) is 6.92 Å². The molecular formula is C16H27N3O5S. The van der Waals surface area contributed by atoms with Gasteiger partial charge in [-0.3, -0.25) is 4.79 Å². The zero-order valence-corrected chi connectivity index (χ0v) is 16.4. The van der Waals surface area contributed by atoms with Crippen LogP contribution in [0.3, 0.4) is 0 Å². The Kier molecular flexibility index (Phi) is 7.18. The van der Waals surface area contributed by atoms with Crippen molar-refractivity contribution in [3.63, 3.8) is 0 Å². The third kappa shape index (κ3) is 4.82. The fraction of sp³-hybridized carbons (Fsp3) is 0.625. The van der Waals surface area contributed by atoms with Gasteiger partial charge in [-0.15, -0.1) is 0 Å². The molecule has 0 aliphatic rings. The zero-order valence-electron chi connectivity index (χ0n) is 15.6. The third-order valence-corrected chi connectivity index (χ3v) is 5.68. The SMILES string of the molecule is CCOC(=O)c1c(S(=O)(=O)NCC(=O)N[C@@H](C)CC)c(C)n(C)c1C. The van der Waals surface area contributed by atoms with E-state index < -0.39 is 28.4 Å². The van der Waals surface area contributed by atoms with Crippen LogP contribution in [0.25, 0.3) is 0 Å². The molecule has 1 amide bonds. The van der Waals surface area contributed by atoms with Crippen molar-refractivity contribution in [2.75, 3.05) is 13.2 Å². The Morgan fingerprint density at radius 3 is 2.32 bits per heavy atom. The van der Waals surface area contributed by atoms with Crippen molar-refractivity contribution in [2.24, 2.45) is 7.05 Å². The molecule has 8 nitrogen and oxygen atoms in total. The highest BCUT2D eigenvalue weighted by Crippen LogP contribution is 2.26. The fourth-order valence-electron chi connectivity index (χ4n) is 2.35. The van der Waals surface area contributed by atoms with Crippen molar-refractivity contribution in [1.29, 1.82) is 0 Å². The minimum Gasteiger partial charge on any atom is -0.462 e. The smallest absolute Gasteiger partial charge is 0.341 e. The van der Waals surface area contributed by atoms with E-state index in [0.717, 1.165) is 6.42 Å². The van der Waals surface area contributed by atoms with Crippen LogP contribution in [-0.2, 0) is 26.6 Å². The van der Waals surface area contributed by atoms with E-state index in [-0.39, 0.29) is 23.1 Å². The predicted octanol–water partition coefficient (Wildman–Crippen LogP) is 1.01. The summed E-state index contributed by atoms with van der Waals surface area (Å²) in [4.78, 5) is 23.9. The largest absolute Gasteiger partial charge is 0.462 e. The van der Waals surface area contributed by atoms with Crippen molar-refractivity contribution in [2.45, 2.75) is 52.0 Å². The molecule has 0 aliphatic heterocycles. The van der Waals surface area contributed by atoms with Crippen molar-refractivity contribution in [3.8, 4) is 0 Å². The Morgan fingerprint density at radius 2 is 1.80 bits per heavy atom. The summed E-state index contributed by atoms with van der Waals surface area (Å²) < 4.78 is 34.2. The van der Waals surface area contributed by atoms with Crippen LogP contribution >= 0.6 is 0 Å². The third-order valence-electron chi connectivity index (χ3n) is 4.11. The van der Waals surface area contributed by atoms with Gasteiger partial charge >= 0.3 is 5.97 Å². The second kappa shape index (κ2) is 8.48. The monoisotopic (exact) mass is 373 g/mol. The number of rotatable bonds is 8. The molecule has 0 saturated carbocycles. The molecule has 0 fully saturated rings. The number of hydrogen-bond acceptors (Lipinski definition) is 5. The summed E-state index contributed by atoms with van der Waals surface area (Å²) >= 11 is 0. The maximum Gasteiger partial charge on any atom is 0.341 e. The molecule has 142 valence electrons. The second-order valence-electron chi connectivity index (χ2n) is 5.86. The molecule has 2 N–H and O–H groups in total. The van der Waals surface area contributed by atoms with Gasteiger partial charge in [0.05, 0.1) is 13.2 Å². The molecule has 1 atom stereocenters. The first-order chi connectivity index (χ1) is 11.6. The molecule has 0 aromatic carbocycles. The van der Waals surface area contributed by atoms with Crippen molar-refractivity contribution in [1.82, 2.24) is 14.6 Å². The van der Waals surface area contributed by atoms with Crippen molar-refractivity contribution in [3.05, 3.63) is 17.0 Å². The molecule has 1 aromatic rings. The number of carbonyl (C=O) groups excluding carboxylic acids is 2. The minimum atomic E-state index is -4.06. The predicted molar refractivity (Wildman–Crippen MR) is 93.9 cm³/mol. The Hall–Kier alpha value is -1.87. The summed E-state index contributed by atoms with van der Waals surface area (Å²) in [7, 11) is -2.39. The summed E-state index contributed by atoms with van der Waals surface area (Å²) in [6.45, 7) is 8.37. The van der Waals surface area contributed by atoms with Gasteiger partial charge in [0.2, 0.25) is 15.9 Å². The van der Waals surface area contributed by atoms with E-state index in [1.54, 1.807) is 32.4 Å². The maximum absolute atomic E-state index is 12.7. The van der Waals surface area contributed by atoms with Gasteiger partial charge in [0.1, 0.15) is 10.5 Å². The Balaban J connectivity index is 3.15. The molecule has 0 radical (unpaired) electrons. The van der Waals surface area contributed by atoms with E-state index in [1.165, 1.54) is 0 Å². The lowest BCUT2D eigenvalue weighted by atomic mass is 10.2. The van der Waals surface area contributed by atoms with Gasteiger partial charge in [-0.2, -0.15) is 0 Å². The zero-order chi connectivity index (χ0) is 19.4. The fourth-order valence-corrected chi connectivity index (χ4v) is 3.84. The molecule has 0 spiro atoms. The van der Waals surface area contributed by atoms with Crippen molar-refractivity contribution >= 4 is 21.9 Å². The van der Waals surface area contributed by atoms with Gasteiger partial charge in [-0.25, -0.2) is 17.9 Å². The van der Waals surface area contributed by atoms with Gasteiger partial charge in [-0.05, 0) is 34.1 Å². The molecule has 9 heteroatoms. The number of esters is 1. The molecule has 1 aromatic heterocycles. The summed E-state index contributed by atoms with van der Waals surface area (Å²) in [5.74, 6) is -1.13. The van der Waals surface area contributed by atoms with E-state index in [2.05, 4.69) is 10.0 Å². The normalized spacial score (nSPS) is 12.7. The summed E-state index contributed by atoms with van der Waals surface area (Å²) in [6, 6.07) is -0.0483. The van der Waals surface area contributed by atoms with E-state index in [1.807, 2.05) is 13.8 Å². The average Bonchev–Trinajstić information content (AvgIpc) is 2.78. The first-order valence-corrected chi connectivity index (χ1v) is 9.67. The Labute approximate surface area is 149 Å². The number of hydrogen-bond donors (Lipinski definition) is 2. The van der Waals surface area contributed by atoms with Crippen molar-refractivity contribution < 1.29 is 22.7 Å². The van der Waals surface area contributed by atoms with Gasteiger partial charge in [0.15, 0.2) is 0 Å². The number of ether oxygens (including phenoxy) is 1. The van der Waals surface area contributed by atoms with Gasteiger partial charge in [0, 0.05) is 24.5 Å². The van der Waals surface area contributed by atoms with E-state index in [0.29, 0.717) is 11.4 Å². The van der Waals surface area contributed by atoms with Crippen LogP contribution in [0, 0.1) is 13.8 Å². The number of nitrogens with zero attached hydrogens (tertiary/aromatic N) is 1. The van der Waals surface area contributed by atoms with Crippen LogP contribution in [0.15, 0.2) is 4.90 Å². The first kappa shape index (κ1) is 21.2. The number of sulfonamides is 1. The maximum atomic E-state index is 12.7. The summed E-state index contributed by atoms with van der Waals surface area (Å²) in [5, 5.41) is 2.68. The standard InChI is InChI=1S/C16H27N3O5S/c1-7-10(3)18-13(20)9-17-25(22,23)15-12(5)19(6)11(4)14(15)16(21)24-8-2/h10,17H,7-9H2,1-6H3,(H,18,20)/t10-/m0/s1. The van der Waals surface area contributed by atoms with E-state index in [4.69, 9.17) is 4.74 Å². The van der Waals surface area contributed by atoms with Crippen LogP contribution in [0.2, 0.25) is 0 Å². The minimum absolute atomic E-state index is 0.00307. The molecule has 0 bridgehead atoms. The van der Waals surface area contributed by atoms with E-state index >= 15 is 0 Å². The molecule has 0 aliphatic carbocycles. The highest BCUT2D eigenvalue weighted by Gasteiger charge is 2.31. The lowest BCUT2D eigenvalue weighted by molar-refractivity contribution is -0.120. The Bertz CT molecular complexity index is 752. The van der Waals surface area contributed by atoms with Crippen LogP contribution in [-0.4, -0.2) is 44.1 Å². The number of amides is 1. The highest BCUT2D eigenvalue weighted by atomic mass is 32.2. The quantitative estimate of drug-likeness (QED) is 0.662. The van der Waals surface area contributed by atoms with Gasteiger partial charge in [0.25, 0.3) is 0 Å². The first-order valence-electron chi connectivity index (χ1n) is 8.18. The molecule has 0 saturated heterocycles. The Morgan fingerprint density at radius 1 is 1.20 bits per heavy atom. The summed E-state index contributed by atoms with van der Waals surface area (Å²) in [6.07, 6.45) is 0.739. The van der Waals surface area contributed by atoms with Crippen LogP contribution in [0.5, 0.6) is 0 Å². The molecule has 1 heterocycles. The number of nitrogens with one attached hydrogen (secondary N) is 2. The highest BCUT2D eigenvalue weighted by molar-refractivity contribution is 7.89. The lowest BCUT2D eigenvalue weighted by Crippen LogP contribution is -2.40. The average molecular weight is 373 g/mol. The summed E-state index contributed by atoms with van der Waals surface area (Å²) in [5.41, 5.74) is 0.882. The van der Waals surface area contributed by atoms with Crippen LogP contribution in [0.1, 0.15) is 48.9 Å². The topological polar surface area (TPSA) is 106 Å². The van der Waals surface area contributed by atoms with Crippen LogP contribution < -0.4 is 10.0 Å².